The first kappa shape index (κ1) is 17.5. The molecule has 1 heterocycles. The Balaban J connectivity index is 1.86. The smallest absolute Gasteiger partial charge is 0.261 e. The van der Waals surface area contributed by atoms with Crippen LogP contribution < -0.4 is 9.62 Å². The number of hydrogen-bond donors (Lipinski definition) is 1. The van der Waals surface area contributed by atoms with E-state index in [4.69, 9.17) is 0 Å². The molecule has 3 rings (SSSR count). The second-order valence-corrected chi connectivity index (χ2v) is 8.09. The molecule has 1 N–H and O–H groups in total. The van der Waals surface area contributed by atoms with Crippen LogP contribution in [0.25, 0.3) is 0 Å². The quantitative estimate of drug-likeness (QED) is 0.908. The Morgan fingerprint density at radius 3 is 2.52 bits per heavy atom. The SMILES string of the molecule is Cc1ccc(S(=O)(=O)Nc2cccc(N3CCCCC3=O)c2)cc1C. The summed E-state index contributed by atoms with van der Waals surface area (Å²) in [6, 6.07) is 12.1. The molecule has 0 unspecified atom stereocenters. The fourth-order valence-corrected chi connectivity index (χ4v) is 4.05. The lowest BCUT2D eigenvalue weighted by Crippen LogP contribution is -2.35. The number of amides is 1. The molecule has 1 aliphatic heterocycles. The van der Waals surface area contributed by atoms with Crippen molar-refractivity contribution < 1.29 is 13.2 Å². The van der Waals surface area contributed by atoms with Crippen LogP contribution in [0.2, 0.25) is 0 Å². The van der Waals surface area contributed by atoms with Crippen molar-refractivity contribution in [3.05, 3.63) is 53.6 Å². The van der Waals surface area contributed by atoms with Gasteiger partial charge in [0.15, 0.2) is 0 Å². The first-order chi connectivity index (χ1) is 11.9. The van der Waals surface area contributed by atoms with E-state index in [1.807, 2.05) is 19.9 Å². The zero-order chi connectivity index (χ0) is 18.0. The van der Waals surface area contributed by atoms with Crippen molar-refractivity contribution in [3.8, 4) is 0 Å². The summed E-state index contributed by atoms with van der Waals surface area (Å²) in [5.74, 6) is 0.0837. The number of hydrogen-bond acceptors (Lipinski definition) is 3. The average Bonchev–Trinajstić information content (AvgIpc) is 2.57. The number of carbonyl (C=O) groups excluding carboxylic acids is 1. The van der Waals surface area contributed by atoms with Gasteiger partial charge >= 0.3 is 0 Å². The molecule has 0 aromatic heterocycles. The molecule has 0 radical (unpaired) electrons. The summed E-state index contributed by atoms with van der Waals surface area (Å²) in [7, 11) is -3.67. The number of anilines is 2. The van der Waals surface area contributed by atoms with Gasteiger partial charge in [-0.25, -0.2) is 8.42 Å². The van der Waals surface area contributed by atoms with E-state index in [1.165, 1.54) is 0 Å². The van der Waals surface area contributed by atoms with E-state index >= 15 is 0 Å². The summed E-state index contributed by atoms with van der Waals surface area (Å²) in [5.41, 5.74) is 3.15. The van der Waals surface area contributed by atoms with E-state index in [9.17, 15) is 13.2 Å². The Morgan fingerprint density at radius 1 is 1.00 bits per heavy atom. The van der Waals surface area contributed by atoms with Gasteiger partial charge in [-0.1, -0.05) is 12.1 Å². The third-order valence-corrected chi connectivity index (χ3v) is 5.90. The molecular weight excluding hydrogens is 336 g/mol. The summed E-state index contributed by atoms with van der Waals surface area (Å²) in [4.78, 5) is 14.0. The Kier molecular flexibility index (Phi) is 4.81. The van der Waals surface area contributed by atoms with Gasteiger partial charge < -0.3 is 4.90 Å². The van der Waals surface area contributed by atoms with Gasteiger partial charge in [-0.2, -0.15) is 0 Å². The first-order valence-corrected chi connectivity index (χ1v) is 9.86. The van der Waals surface area contributed by atoms with Gasteiger partial charge in [-0.05, 0) is 68.1 Å². The van der Waals surface area contributed by atoms with E-state index in [0.717, 1.165) is 29.7 Å². The minimum absolute atomic E-state index is 0.0837. The van der Waals surface area contributed by atoms with Crippen LogP contribution in [0.3, 0.4) is 0 Å². The second-order valence-electron chi connectivity index (χ2n) is 6.40. The molecule has 0 bridgehead atoms. The van der Waals surface area contributed by atoms with Crippen LogP contribution in [0.15, 0.2) is 47.4 Å². The van der Waals surface area contributed by atoms with Crippen LogP contribution in [0.5, 0.6) is 0 Å². The van der Waals surface area contributed by atoms with Gasteiger partial charge in [0.25, 0.3) is 10.0 Å². The lowest BCUT2D eigenvalue weighted by atomic mass is 10.1. The number of carbonyl (C=O) groups is 1. The molecule has 0 spiro atoms. The topological polar surface area (TPSA) is 66.5 Å². The van der Waals surface area contributed by atoms with Crippen LogP contribution >= 0.6 is 0 Å². The standard InChI is InChI=1S/C19H22N2O3S/c1-14-9-10-18(12-15(14)2)25(23,24)20-16-6-5-7-17(13-16)21-11-4-3-8-19(21)22/h5-7,9-10,12-13,20H,3-4,8,11H2,1-2H3. The van der Waals surface area contributed by atoms with Crippen LogP contribution in [0.4, 0.5) is 11.4 Å². The first-order valence-electron chi connectivity index (χ1n) is 8.37. The molecule has 0 saturated carbocycles. The number of sulfonamides is 1. The van der Waals surface area contributed by atoms with E-state index in [1.54, 1.807) is 41.3 Å². The number of aryl methyl sites for hydroxylation is 2. The molecule has 2 aromatic carbocycles. The number of piperidine rings is 1. The molecule has 2 aromatic rings. The van der Waals surface area contributed by atoms with Crippen LogP contribution in [0, 0.1) is 13.8 Å². The van der Waals surface area contributed by atoms with Crippen molar-refractivity contribution >= 4 is 27.3 Å². The fraction of sp³-hybridized carbons (Fsp3) is 0.316. The highest BCUT2D eigenvalue weighted by Gasteiger charge is 2.20. The van der Waals surface area contributed by atoms with Crippen molar-refractivity contribution in [2.24, 2.45) is 0 Å². The highest BCUT2D eigenvalue weighted by molar-refractivity contribution is 7.92. The van der Waals surface area contributed by atoms with Gasteiger partial charge in [-0.15, -0.1) is 0 Å². The number of rotatable bonds is 4. The Hall–Kier alpha value is -2.34. The third-order valence-electron chi connectivity index (χ3n) is 4.52. The zero-order valence-corrected chi connectivity index (χ0v) is 15.3. The summed E-state index contributed by atoms with van der Waals surface area (Å²) in [6.45, 7) is 4.50. The maximum Gasteiger partial charge on any atom is 0.261 e. The Labute approximate surface area is 148 Å². The maximum atomic E-state index is 12.6. The van der Waals surface area contributed by atoms with Gasteiger partial charge in [0.05, 0.1) is 10.6 Å². The van der Waals surface area contributed by atoms with E-state index in [2.05, 4.69) is 4.72 Å². The number of nitrogens with zero attached hydrogens (tertiary/aromatic N) is 1. The molecule has 132 valence electrons. The predicted octanol–water partition coefficient (Wildman–Crippen LogP) is 3.62. The molecule has 25 heavy (non-hydrogen) atoms. The molecule has 0 atom stereocenters. The lowest BCUT2D eigenvalue weighted by molar-refractivity contribution is -0.119. The Bertz CT molecular complexity index is 907. The van der Waals surface area contributed by atoms with Crippen molar-refractivity contribution in [1.29, 1.82) is 0 Å². The molecule has 1 amide bonds. The van der Waals surface area contributed by atoms with Gasteiger partial charge in [0.2, 0.25) is 5.91 Å². The van der Waals surface area contributed by atoms with Gasteiger partial charge in [-0.3, -0.25) is 9.52 Å². The summed E-state index contributed by atoms with van der Waals surface area (Å²) in [6.07, 6.45) is 2.41. The second kappa shape index (κ2) is 6.88. The molecule has 1 saturated heterocycles. The molecular formula is C19H22N2O3S. The van der Waals surface area contributed by atoms with Crippen molar-refractivity contribution in [2.75, 3.05) is 16.2 Å². The zero-order valence-electron chi connectivity index (χ0n) is 14.5. The molecule has 6 heteroatoms. The summed E-state index contributed by atoms with van der Waals surface area (Å²) < 4.78 is 27.9. The number of benzene rings is 2. The average molecular weight is 358 g/mol. The summed E-state index contributed by atoms with van der Waals surface area (Å²) >= 11 is 0. The molecule has 5 nitrogen and oxygen atoms in total. The molecule has 0 aliphatic carbocycles. The van der Waals surface area contributed by atoms with Crippen LogP contribution in [-0.2, 0) is 14.8 Å². The minimum Gasteiger partial charge on any atom is -0.312 e. The van der Waals surface area contributed by atoms with Gasteiger partial charge in [0, 0.05) is 18.7 Å². The van der Waals surface area contributed by atoms with Crippen molar-refractivity contribution in [3.63, 3.8) is 0 Å². The van der Waals surface area contributed by atoms with E-state index in [-0.39, 0.29) is 10.8 Å². The van der Waals surface area contributed by atoms with Crippen molar-refractivity contribution in [1.82, 2.24) is 0 Å². The van der Waals surface area contributed by atoms with Gasteiger partial charge in [0.1, 0.15) is 0 Å². The normalized spacial score (nSPS) is 15.3. The fourth-order valence-electron chi connectivity index (χ4n) is 2.91. The number of nitrogens with one attached hydrogen (secondary N) is 1. The lowest BCUT2D eigenvalue weighted by Gasteiger charge is -2.27. The maximum absolute atomic E-state index is 12.6. The monoisotopic (exact) mass is 358 g/mol. The van der Waals surface area contributed by atoms with Crippen molar-refractivity contribution in [2.45, 2.75) is 38.0 Å². The van der Waals surface area contributed by atoms with E-state index in [0.29, 0.717) is 18.7 Å². The Morgan fingerprint density at radius 2 is 1.80 bits per heavy atom. The third kappa shape index (κ3) is 3.85. The highest BCUT2D eigenvalue weighted by Crippen LogP contribution is 2.25. The molecule has 1 fully saturated rings. The predicted molar refractivity (Wildman–Crippen MR) is 99.4 cm³/mol. The largest absolute Gasteiger partial charge is 0.312 e. The van der Waals surface area contributed by atoms with Crippen LogP contribution in [-0.4, -0.2) is 20.9 Å². The van der Waals surface area contributed by atoms with E-state index < -0.39 is 10.0 Å². The summed E-state index contributed by atoms with van der Waals surface area (Å²) in [5, 5.41) is 0. The molecule has 1 aliphatic rings. The highest BCUT2D eigenvalue weighted by atomic mass is 32.2. The minimum atomic E-state index is -3.67. The van der Waals surface area contributed by atoms with Crippen LogP contribution in [0.1, 0.15) is 30.4 Å².